The molecule has 3 aromatic rings. The Balaban J connectivity index is 1.59. The average Bonchev–Trinajstić information content (AvgIpc) is 3.18. The van der Waals surface area contributed by atoms with Gasteiger partial charge in [0.25, 0.3) is 0 Å². The van der Waals surface area contributed by atoms with E-state index in [0.29, 0.717) is 40.1 Å². The first-order valence-corrected chi connectivity index (χ1v) is 13.1. The van der Waals surface area contributed by atoms with Crippen LogP contribution in [0.2, 0.25) is 10.0 Å². The van der Waals surface area contributed by atoms with Crippen molar-refractivity contribution >= 4 is 55.1 Å². The maximum atomic E-state index is 13.4. The fourth-order valence-corrected chi connectivity index (χ4v) is 6.22. The van der Waals surface area contributed by atoms with Crippen LogP contribution in [0.3, 0.4) is 0 Å². The molecule has 0 spiro atoms. The summed E-state index contributed by atoms with van der Waals surface area (Å²) in [5.74, 6) is -0.548. The van der Waals surface area contributed by atoms with E-state index in [1.54, 1.807) is 18.3 Å². The van der Waals surface area contributed by atoms with Crippen molar-refractivity contribution in [3.05, 3.63) is 62.4 Å². The molecule has 0 saturated heterocycles. The molecule has 34 heavy (non-hydrogen) atoms. The Kier molecular flexibility index (Phi) is 7.20. The number of pyridine rings is 1. The molecular formula is C21H19BrCl2N4O5S. The lowest BCUT2D eigenvalue weighted by molar-refractivity contribution is -0.137. The van der Waals surface area contributed by atoms with Gasteiger partial charge in [-0.2, -0.15) is 9.40 Å². The number of carboxylic acid groups (broad SMARTS) is 1. The number of nitrogens with zero attached hydrogens (tertiary/aromatic N) is 4. The number of aliphatic carboxylic acids is 1. The summed E-state index contributed by atoms with van der Waals surface area (Å²) in [7, 11) is -2.44. The molecule has 1 unspecified atom stereocenters. The quantitative estimate of drug-likeness (QED) is 0.416. The zero-order chi connectivity index (χ0) is 24.6. The molecule has 0 bridgehead atoms. The number of halogens is 3. The topological polar surface area (TPSA) is 115 Å². The van der Waals surface area contributed by atoms with Crippen LogP contribution in [-0.2, 0) is 27.8 Å². The molecule has 0 saturated carbocycles. The fourth-order valence-electron chi connectivity index (χ4n) is 3.86. The molecule has 180 valence electrons. The van der Waals surface area contributed by atoms with Crippen LogP contribution < -0.4 is 4.74 Å². The number of benzene rings is 1. The first kappa shape index (κ1) is 24.9. The number of rotatable bonds is 7. The van der Waals surface area contributed by atoms with Gasteiger partial charge < -0.3 is 9.84 Å². The highest BCUT2D eigenvalue weighted by molar-refractivity contribution is 9.10. The number of hydrogen-bond donors (Lipinski definition) is 1. The van der Waals surface area contributed by atoms with Gasteiger partial charge in [-0.1, -0.05) is 23.2 Å². The first-order valence-electron chi connectivity index (χ1n) is 10.1. The second kappa shape index (κ2) is 9.82. The third-order valence-corrected chi connectivity index (χ3v) is 8.45. The minimum absolute atomic E-state index is 0.0264. The summed E-state index contributed by atoms with van der Waals surface area (Å²) in [5.41, 5.74) is 1.45. The van der Waals surface area contributed by atoms with E-state index in [4.69, 9.17) is 33.0 Å². The molecule has 1 aromatic carbocycles. The van der Waals surface area contributed by atoms with E-state index in [2.05, 4.69) is 26.0 Å². The Labute approximate surface area is 214 Å². The molecule has 1 atom stereocenters. The summed E-state index contributed by atoms with van der Waals surface area (Å²) in [5, 5.41) is 14.0. The largest absolute Gasteiger partial charge is 0.480 e. The second-order valence-corrected chi connectivity index (χ2v) is 11.4. The summed E-state index contributed by atoms with van der Waals surface area (Å²) in [6.07, 6.45) is 4.70. The van der Waals surface area contributed by atoms with Gasteiger partial charge in [0.15, 0.2) is 0 Å². The first-order chi connectivity index (χ1) is 16.1. The molecule has 1 aliphatic carbocycles. The predicted octanol–water partition coefficient (Wildman–Crippen LogP) is 4.92. The van der Waals surface area contributed by atoms with Gasteiger partial charge in [-0.05, 0) is 59.5 Å². The standard InChI is InChI=1S/C21H19BrCl2N4O5S/c1-27(17-3-2-4-18-14(17)10-26-28(18)11-20(29)30)34(31,32)13-8-15(22)21(25-9-13)33-19-6-5-12(23)7-16(19)24/h5-10,17H,2-4,11H2,1H3,(H,29,30). The summed E-state index contributed by atoms with van der Waals surface area (Å²) in [6, 6.07) is 5.66. The Morgan fingerprint density at radius 3 is 2.76 bits per heavy atom. The molecule has 4 rings (SSSR count). The minimum atomic E-state index is -3.93. The lowest BCUT2D eigenvalue weighted by Crippen LogP contribution is -2.33. The maximum absolute atomic E-state index is 13.4. The maximum Gasteiger partial charge on any atom is 0.325 e. The van der Waals surface area contributed by atoms with Crippen LogP contribution >= 0.6 is 39.1 Å². The zero-order valence-electron chi connectivity index (χ0n) is 17.8. The summed E-state index contributed by atoms with van der Waals surface area (Å²) in [4.78, 5) is 15.3. The van der Waals surface area contributed by atoms with Gasteiger partial charge in [-0.15, -0.1) is 0 Å². The van der Waals surface area contributed by atoms with E-state index < -0.39 is 22.0 Å². The summed E-state index contributed by atoms with van der Waals surface area (Å²) < 4.78 is 35.5. The lowest BCUT2D eigenvalue weighted by atomic mass is 9.93. The van der Waals surface area contributed by atoms with Crippen molar-refractivity contribution in [1.82, 2.24) is 19.1 Å². The molecule has 13 heteroatoms. The van der Waals surface area contributed by atoms with Gasteiger partial charge in [-0.25, -0.2) is 13.4 Å². The highest BCUT2D eigenvalue weighted by atomic mass is 79.9. The van der Waals surface area contributed by atoms with Gasteiger partial charge in [0.2, 0.25) is 15.9 Å². The number of carbonyl (C=O) groups is 1. The van der Waals surface area contributed by atoms with Gasteiger partial charge in [0.05, 0.1) is 27.9 Å². The van der Waals surface area contributed by atoms with Gasteiger partial charge in [0, 0.05) is 23.3 Å². The Morgan fingerprint density at radius 1 is 1.32 bits per heavy atom. The highest BCUT2D eigenvalue weighted by Gasteiger charge is 2.34. The molecule has 1 N–H and O–H groups in total. The second-order valence-electron chi connectivity index (χ2n) is 7.66. The number of aromatic nitrogens is 3. The number of fused-ring (bicyclic) bond motifs is 1. The predicted molar refractivity (Wildman–Crippen MR) is 129 cm³/mol. The van der Waals surface area contributed by atoms with Crippen LogP contribution in [0.25, 0.3) is 0 Å². The fraction of sp³-hybridized carbons (Fsp3) is 0.286. The Bertz CT molecular complexity index is 1370. The van der Waals surface area contributed by atoms with Crippen LogP contribution in [-0.4, -0.2) is 45.6 Å². The molecular weight excluding hydrogens is 571 g/mol. The normalized spacial score (nSPS) is 15.9. The lowest BCUT2D eigenvalue weighted by Gasteiger charge is -2.30. The molecule has 0 radical (unpaired) electrons. The van der Waals surface area contributed by atoms with Crippen LogP contribution in [0.1, 0.15) is 30.1 Å². The molecule has 0 fully saturated rings. The summed E-state index contributed by atoms with van der Waals surface area (Å²) in [6.45, 7) is -0.269. The Hall–Kier alpha value is -2.18. The molecule has 0 amide bonds. The van der Waals surface area contributed by atoms with E-state index in [9.17, 15) is 13.2 Å². The smallest absolute Gasteiger partial charge is 0.325 e. The van der Waals surface area contributed by atoms with Crippen LogP contribution in [0.15, 0.2) is 46.0 Å². The number of carboxylic acids is 1. The highest BCUT2D eigenvalue weighted by Crippen LogP contribution is 2.38. The van der Waals surface area contributed by atoms with Crippen LogP contribution in [0.5, 0.6) is 11.6 Å². The Morgan fingerprint density at radius 2 is 2.09 bits per heavy atom. The van der Waals surface area contributed by atoms with E-state index in [1.165, 1.54) is 34.4 Å². The van der Waals surface area contributed by atoms with Crippen molar-refractivity contribution in [2.45, 2.75) is 36.7 Å². The van der Waals surface area contributed by atoms with E-state index in [0.717, 1.165) is 5.69 Å². The average molecular weight is 590 g/mol. The van der Waals surface area contributed by atoms with Crippen molar-refractivity contribution in [2.75, 3.05) is 7.05 Å². The van der Waals surface area contributed by atoms with Crippen molar-refractivity contribution in [2.24, 2.45) is 0 Å². The SMILES string of the molecule is CN(C1CCCc2c1cnn2CC(=O)O)S(=O)(=O)c1cnc(Oc2ccc(Cl)cc2Cl)c(Br)c1. The minimum Gasteiger partial charge on any atom is -0.480 e. The zero-order valence-corrected chi connectivity index (χ0v) is 21.7. The van der Waals surface area contributed by atoms with Crippen molar-refractivity contribution in [3.8, 4) is 11.6 Å². The van der Waals surface area contributed by atoms with E-state index in [-0.39, 0.29) is 22.3 Å². The molecule has 0 aliphatic heterocycles. The molecule has 2 heterocycles. The monoisotopic (exact) mass is 588 g/mol. The molecule has 1 aliphatic rings. The molecule has 9 nitrogen and oxygen atoms in total. The number of hydrogen-bond acceptors (Lipinski definition) is 6. The van der Waals surface area contributed by atoms with Gasteiger partial charge >= 0.3 is 5.97 Å². The third kappa shape index (κ3) is 4.94. The van der Waals surface area contributed by atoms with Crippen molar-refractivity contribution in [3.63, 3.8) is 0 Å². The van der Waals surface area contributed by atoms with E-state index in [1.807, 2.05) is 0 Å². The van der Waals surface area contributed by atoms with Crippen molar-refractivity contribution < 1.29 is 23.1 Å². The van der Waals surface area contributed by atoms with Crippen LogP contribution in [0, 0.1) is 0 Å². The van der Waals surface area contributed by atoms with Crippen molar-refractivity contribution in [1.29, 1.82) is 0 Å². The molecule has 2 aromatic heterocycles. The number of sulfonamides is 1. The number of ether oxygens (including phenoxy) is 1. The third-order valence-electron chi connectivity index (χ3n) is 5.51. The van der Waals surface area contributed by atoms with Crippen LogP contribution in [0.4, 0.5) is 0 Å². The summed E-state index contributed by atoms with van der Waals surface area (Å²) >= 11 is 15.4. The van der Waals surface area contributed by atoms with Gasteiger partial charge in [0.1, 0.15) is 17.2 Å². The van der Waals surface area contributed by atoms with E-state index >= 15 is 0 Å². The van der Waals surface area contributed by atoms with Gasteiger partial charge in [-0.3, -0.25) is 9.48 Å².